The molecule has 4 nitrogen and oxygen atoms in total. The molecular formula is C18H30N4. The molecule has 0 aliphatic heterocycles. The fourth-order valence-electron chi connectivity index (χ4n) is 3.07. The topological polar surface area (TPSA) is 49.3 Å². The first-order valence-electron chi connectivity index (χ1n) is 8.71. The molecule has 1 aromatic rings. The Morgan fingerprint density at radius 1 is 1.27 bits per heavy atom. The smallest absolute Gasteiger partial charge is 0.191 e. The molecule has 4 heteroatoms. The number of nitrogens with one attached hydrogen (secondary N) is 2. The summed E-state index contributed by atoms with van der Waals surface area (Å²) in [5, 5.41) is 6.76. The molecule has 1 fully saturated rings. The van der Waals surface area contributed by atoms with Gasteiger partial charge in [0.25, 0.3) is 0 Å². The third-order valence-electron chi connectivity index (χ3n) is 4.52. The highest BCUT2D eigenvalue weighted by molar-refractivity contribution is 5.79. The Hall–Kier alpha value is -1.58. The summed E-state index contributed by atoms with van der Waals surface area (Å²) in [4.78, 5) is 9.14. The van der Waals surface area contributed by atoms with Crippen LogP contribution in [0.3, 0.4) is 0 Å². The van der Waals surface area contributed by atoms with Crippen LogP contribution in [-0.4, -0.2) is 30.6 Å². The molecule has 2 atom stereocenters. The minimum absolute atomic E-state index is 0.750. The number of aliphatic imine (C=N–C) groups is 1. The Morgan fingerprint density at radius 3 is 2.86 bits per heavy atom. The van der Waals surface area contributed by atoms with Crippen molar-refractivity contribution in [1.29, 1.82) is 0 Å². The molecule has 2 unspecified atom stereocenters. The van der Waals surface area contributed by atoms with E-state index in [0.29, 0.717) is 0 Å². The zero-order valence-electron chi connectivity index (χ0n) is 14.0. The summed E-state index contributed by atoms with van der Waals surface area (Å²) in [6.07, 6.45) is 8.23. The monoisotopic (exact) mass is 302 g/mol. The van der Waals surface area contributed by atoms with Crippen LogP contribution in [0.5, 0.6) is 0 Å². The molecule has 0 amide bonds. The van der Waals surface area contributed by atoms with Crippen LogP contribution >= 0.6 is 0 Å². The predicted octanol–water partition coefficient (Wildman–Crippen LogP) is 3.01. The fourth-order valence-corrected chi connectivity index (χ4v) is 3.07. The van der Waals surface area contributed by atoms with Crippen molar-refractivity contribution in [3.05, 3.63) is 30.1 Å². The molecule has 0 radical (unpaired) electrons. The van der Waals surface area contributed by atoms with Gasteiger partial charge >= 0.3 is 0 Å². The first kappa shape index (κ1) is 16.8. The second-order valence-electron chi connectivity index (χ2n) is 6.24. The molecule has 0 saturated heterocycles. The summed E-state index contributed by atoms with van der Waals surface area (Å²) in [7, 11) is 0. The van der Waals surface area contributed by atoms with Gasteiger partial charge in [-0.05, 0) is 37.3 Å². The zero-order valence-corrected chi connectivity index (χ0v) is 14.0. The Labute approximate surface area is 134 Å². The van der Waals surface area contributed by atoms with E-state index < -0.39 is 0 Å². The maximum absolute atomic E-state index is 4.79. The number of guanidine groups is 1. The van der Waals surface area contributed by atoms with E-state index in [1.165, 1.54) is 25.7 Å². The molecular weight excluding hydrogens is 272 g/mol. The Kier molecular flexibility index (Phi) is 7.20. The van der Waals surface area contributed by atoms with Crippen LogP contribution in [0.15, 0.2) is 29.4 Å². The van der Waals surface area contributed by atoms with Crippen LogP contribution in [0.2, 0.25) is 0 Å². The molecule has 1 aromatic heterocycles. The summed E-state index contributed by atoms with van der Waals surface area (Å²) in [6, 6.07) is 6.05. The highest BCUT2D eigenvalue weighted by atomic mass is 15.2. The van der Waals surface area contributed by atoms with Gasteiger partial charge in [0.15, 0.2) is 5.96 Å². The van der Waals surface area contributed by atoms with Gasteiger partial charge in [-0.25, -0.2) is 0 Å². The van der Waals surface area contributed by atoms with Gasteiger partial charge in [-0.2, -0.15) is 0 Å². The number of rotatable bonds is 6. The predicted molar refractivity (Wildman–Crippen MR) is 93.0 cm³/mol. The average molecular weight is 302 g/mol. The minimum atomic E-state index is 0.750. The normalized spacial score (nSPS) is 22.4. The highest BCUT2D eigenvalue weighted by Gasteiger charge is 2.20. The van der Waals surface area contributed by atoms with E-state index in [4.69, 9.17) is 4.99 Å². The van der Waals surface area contributed by atoms with Crippen LogP contribution in [0, 0.1) is 11.8 Å². The van der Waals surface area contributed by atoms with Crippen molar-refractivity contribution < 1.29 is 0 Å². The van der Waals surface area contributed by atoms with Crippen molar-refractivity contribution >= 4 is 5.96 Å². The van der Waals surface area contributed by atoms with E-state index in [1.807, 2.05) is 18.3 Å². The molecule has 2 rings (SSSR count). The van der Waals surface area contributed by atoms with Gasteiger partial charge in [0, 0.05) is 37.9 Å². The van der Waals surface area contributed by atoms with Crippen LogP contribution < -0.4 is 10.6 Å². The van der Waals surface area contributed by atoms with Crippen molar-refractivity contribution in [1.82, 2.24) is 15.6 Å². The van der Waals surface area contributed by atoms with Gasteiger partial charge in [0.05, 0.1) is 0 Å². The zero-order chi connectivity index (χ0) is 15.6. The molecule has 1 aliphatic carbocycles. The summed E-state index contributed by atoms with van der Waals surface area (Å²) < 4.78 is 0. The molecule has 2 N–H and O–H groups in total. The van der Waals surface area contributed by atoms with E-state index in [1.54, 1.807) is 0 Å². The van der Waals surface area contributed by atoms with Crippen LogP contribution in [0.4, 0.5) is 0 Å². The van der Waals surface area contributed by atoms with E-state index >= 15 is 0 Å². The highest BCUT2D eigenvalue weighted by Crippen LogP contribution is 2.29. The maximum Gasteiger partial charge on any atom is 0.191 e. The number of nitrogens with zero attached hydrogens (tertiary/aromatic N) is 2. The molecule has 1 aliphatic rings. The lowest BCUT2D eigenvalue weighted by molar-refractivity contribution is 0.263. The second-order valence-corrected chi connectivity index (χ2v) is 6.24. The molecule has 1 saturated carbocycles. The Morgan fingerprint density at radius 2 is 2.14 bits per heavy atom. The van der Waals surface area contributed by atoms with Crippen molar-refractivity contribution in [3.8, 4) is 0 Å². The van der Waals surface area contributed by atoms with Gasteiger partial charge in [-0.3, -0.25) is 9.98 Å². The summed E-state index contributed by atoms with van der Waals surface area (Å²) >= 11 is 0. The fraction of sp³-hybridized carbons (Fsp3) is 0.667. The van der Waals surface area contributed by atoms with Gasteiger partial charge < -0.3 is 10.6 Å². The Bertz CT molecular complexity index is 444. The number of pyridine rings is 1. The standard InChI is InChI=1S/C18H30N4/c1-3-19-18(21-13-11-17-10-6-7-12-20-17)22-14-16-9-5-4-8-15(16)2/h6-7,10,12,15-16H,3-5,8-9,11,13-14H2,1-2H3,(H2,19,21,22). The summed E-state index contributed by atoms with van der Waals surface area (Å²) in [5.41, 5.74) is 1.12. The average Bonchev–Trinajstić information content (AvgIpc) is 2.55. The van der Waals surface area contributed by atoms with Crippen LogP contribution in [0.25, 0.3) is 0 Å². The maximum atomic E-state index is 4.79. The second kappa shape index (κ2) is 9.44. The largest absolute Gasteiger partial charge is 0.357 e. The van der Waals surface area contributed by atoms with Gasteiger partial charge in [0.2, 0.25) is 0 Å². The van der Waals surface area contributed by atoms with Crippen molar-refractivity contribution in [2.24, 2.45) is 16.8 Å². The molecule has 122 valence electrons. The summed E-state index contributed by atoms with van der Waals surface area (Å²) in [6.45, 7) is 7.19. The lowest BCUT2D eigenvalue weighted by Crippen LogP contribution is -2.39. The first-order chi connectivity index (χ1) is 10.8. The SMILES string of the molecule is CCNC(=NCC1CCCCC1C)NCCc1ccccn1. The van der Waals surface area contributed by atoms with E-state index in [0.717, 1.165) is 49.5 Å². The molecule has 0 bridgehead atoms. The molecule has 22 heavy (non-hydrogen) atoms. The van der Waals surface area contributed by atoms with Crippen LogP contribution in [0.1, 0.15) is 45.2 Å². The lowest BCUT2D eigenvalue weighted by Gasteiger charge is -2.27. The molecule has 0 aromatic carbocycles. The minimum Gasteiger partial charge on any atom is -0.357 e. The van der Waals surface area contributed by atoms with E-state index in [9.17, 15) is 0 Å². The van der Waals surface area contributed by atoms with E-state index in [2.05, 4.69) is 35.5 Å². The third-order valence-corrected chi connectivity index (χ3v) is 4.52. The van der Waals surface area contributed by atoms with Crippen molar-refractivity contribution in [2.45, 2.75) is 46.0 Å². The number of aromatic nitrogens is 1. The number of hydrogen-bond donors (Lipinski definition) is 2. The number of hydrogen-bond acceptors (Lipinski definition) is 2. The first-order valence-corrected chi connectivity index (χ1v) is 8.71. The molecule has 0 spiro atoms. The van der Waals surface area contributed by atoms with Crippen molar-refractivity contribution in [3.63, 3.8) is 0 Å². The van der Waals surface area contributed by atoms with Gasteiger partial charge in [-0.1, -0.05) is 32.3 Å². The quantitative estimate of drug-likeness (QED) is 0.627. The van der Waals surface area contributed by atoms with Gasteiger partial charge in [-0.15, -0.1) is 0 Å². The van der Waals surface area contributed by atoms with Crippen LogP contribution in [-0.2, 0) is 6.42 Å². The van der Waals surface area contributed by atoms with E-state index in [-0.39, 0.29) is 0 Å². The Balaban J connectivity index is 1.79. The van der Waals surface area contributed by atoms with Gasteiger partial charge in [0.1, 0.15) is 0 Å². The van der Waals surface area contributed by atoms with Crippen molar-refractivity contribution in [2.75, 3.05) is 19.6 Å². The summed E-state index contributed by atoms with van der Waals surface area (Å²) in [5.74, 6) is 2.50. The lowest BCUT2D eigenvalue weighted by atomic mass is 9.80. The molecule has 1 heterocycles. The third kappa shape index (κ3) is 5.66.